The molecule has 0 aromatic heterocycles. The van der Waals surface area contributed by atoms with Gasteiger partial charge in [0.15, 0.2) is 0 Å². The van der Waals surface area contributed by atoms with E-state index in [4.69, 9.17) is 4.74 Å². The third-order valence-corrected chi connectivity index (χ3v) is 5.29. The molecular weight excluding hydrogens is 415 g/mol. The summed E-state index contributed by atoms with van der Waals surface area (Å²) in [7, 11) is 0. The van der Waals surface area contributed by atoms with Gasteiger partial charge in [-0.25, -0.2) is 4.39 Å². The maximum Gasteiger partial charge on any atom is 0.256 e. The average molecular weight is 439 g/mol. The molecule has 2 N–H and O–H groups in total. The molecule has 2 amide bonds. The van der Waals surface area contributed by atoms with Gasteiger partial charge < -0.3 is 15.4 Å². The number of anilines is 2. The van der Waals surface area contributed by atoms with Gasteiger partial charge in [-0.05, 0) is 55.0 Å². The molecule has 0 heterocycles. The number of hydrogen-bond donors (Lipinski definition) is 2. The second-order valence-corrected chi connectivity index (χ2v) is 7.66. The van der Waals surface area contributed by atoms with Crippen molar-refractivity contribution >= 4 is 35.0 Å². The van der Waals surface area contributed by atoms with E-state index in [1.54, 1.807) is 24.3 Å². The summed E-state index contributed by atoms with van der Waals surface area (Å²) in [5.41, 5.74) is 1.57. The molecule has 7 heteroatoms. The number of nitrogens with one attached hydrogen (secondary N) is 2. The first-order valence-corrected chi connectivity index (χ1v) is 10.9. The number of halogens is 1. The predicted molar refractivity (Wildman–Crippen MR) is 122 cm³/mol. The molecule has 3 aromatic rings. The Morgan fingerprint density at radius 2 is 1.65 bits per heavy atom. The van der Waals surface area contributed by atoms with Crippen LogP contribution >= 0.6 is 11.8 Å². The quantitative estimate of drug-likeness (QED) is 0.427. The van der Waals surface area contributed by atoms with Gasteiger partial charge in [-0.1, -0.05) is 31.2 Å². The lowest BCUT2D eigenvalue weighted by atomic mass is 10.2. The molecule has 0 saturated heterocycles. The van der Waals surface area contributed by atoms with Gasteiger partial charge in [-0.3, -0.25) is 9.59 Å². The Kier molecular flexibility index (Phi) is 8.06. The normalized spacial score (nSPS) is 10.4. The van der Waals surface area contributed by atoms with Crippen molar-refractivity contribution in [1.82, 2.24) is 0 Å². The first-order valence-electron chi connectivity index (χ1n) is 9.87. The fourth-order valence-corrected chi connectivity index (χ4v) is 3.60. The van der Waals surface area contributed by atoms with E-state index in [9.17, 15) is 14.0 Å². The number of para-hydroxylation sites is 2. The van der Waals surface area contributed by atoms with E-state index in [2.05, 4.69) is 10.6 Å². The van der Waals surface area contributed by atoms with Gasteiger partial charge in [-0.2, -0.15) is 0 Å². The van der Waals surface area contributed by atoms with Crippen LogP contribution in [-0.2, 0) is 4.79 Å². The first kappa shape index (κ1) is 22.4. The summed E-state index contributed by atoms with van der Waals surface area (Å²) in [6, 6.07) is 19.9. The van der Waals surface area contributed by atoms with E-state index in [1.165, 1.54) is 36.0 Å². The molecule has 0 atom stereocenters. The smallest absolute Gasteiger partial charge is 0.256 e. The first-order chi connectivity index (χ1) is 15.1. The van der Waals surface area contributed by atoms with Crippen LogP contribution in [0.2, 0.25) is 0 Å². The highest BCUT2D eigenvalue weighted by molar-refractivity contribution is 8.00. The van der Waals surface area contributed by atoms with Crippen LogP contribution in [0, 0.1) is 5.82 Å². The number of carbonyl (C=O) groups excluding carboxylic acids is 2. The van der Waals surface area contributed by atoms with Crippen molar-refractivity contribution in [3.05, 3.63) is 84.2 Å². The molecule has 0 aliphatic rings. The zero-order chi connectivity index (χ0) is 22.1. The van der Waals surface area contributed by atoms with Crippen LogP contribution in [-0.4, -0.2) is 24.2 Å². The minimum Gasteiger partial charge on any atom is -0.491 e. The molecule has 0 saturated carbocycles. The summed E-state index contributed by atoms with van der Waals surface area (Å²) in [5.74, 6) is -0.173. The van der Waals surface area contributed by atoms with Crippen molar-refractivity contribution in [3.63, 3.8) is 0 Å². The summed E-state index contributed by atoms with van der Waals surface area (Å²) >= 11 is 1.26. The highest BCUT2D eigenvalue weighted by Crippen LogP contribution is 2.27. The molecule has 160 valence electrons. The van der Waals surface area contributed by atoms with Crippen molar-refractivity contribution in [2.75, 3.05) is 23.0 Å². The van der Waals surface area contributed by atoms with Crippen molar-refractivity contribution in [2.24, 2.45) is 0 Å². The van der Waals surface area contributed by atoms with E-state index in [-0.39, 0.29) is 23.4 Å². The molecule has 31 heavy (non-hydrogen) atoms. The van der Waals surface area contributed by atoms with E-state index >= 15 is 0 Å². The lowest BCUT2D eigenvalue weighted by Gasteiger charge is -2.13. The number of hydrogen-bond acceptors (Lipinski definition) is 4. The van der Waals surface area contributed by atoms with Gasteiger partial charge in [0.2, 0.25) is 5.91 Å². The lowest BCUT2D eigenvalue weighted by molar-refractivity contribution is -0.113. The van der Waals surface area contributed by atoms with Crippen LogP contribution in [0.4, 0.5) is 15.8 Å². The second-order valence-electron chi connectivity index (χ2n) is 6.64. The van der Waals surface area contributed by atoms with Gasteiger partial charge in [-0.15, -0.1) is 11.8 Å². The SMILES string of the molecule is CCCOc1ccccc1NC(=O)c1ccccc1SCC(=O)Nc1ccc(F)cc1. The minimum atomic E-state index is -0.367. The average Bonchev–Trinajstić information content (AvgIpc) is 2.79. The molecular formula is C24H23FN2O3S. The molecule has 0 aliphatic carbocycles. The van der Waals surface area contributed by atoms with Crippen LogP contribution < -0.4 is 15.4 Å². The molecule has 0 spiro atoms. The van der Waals surface area contributed by atoms with E-state index in [0.717, 1.165) is 6.42 Å². The fraction of sp³-hybridized carbons (Fsp3) is 0.167. The summed E-state index contributed by atoms with van der Waals surface area (Å²) < 4.78 is 18.7. The van der Waals surface area contributed by atoms with Crippen LogP contribution in [0.15, 0.2) is 77.7 Å². The Bertz CT molecular complexity index is 1040. The highest BCUT2D eigenvalue weighted by Gasteiger charge is 2.15. The van der Waals surface area contributed by atoms with Gasteiger partial charge >= 0.3 is 0 Å². The summed E-state index contributed by atoms with van der Waals surface area (Å²) in [6.45, 7) is 2.57. The Labute approximate surface area is 185 Å². The van der Waals surface area contributed by atoms with Crippen LogP contribution in [0.3, 0.4) is 0 Å². The monoisotopic (exact) mass is 438 g/mol. The van der Waals surface area contributed by atoms with Crippen molar-refractivity contribution in [3.8, 4) is 5.75 Å². The van der Waals surface area contributed by atoms with Crippen molar-refractivity contribution < 1.29 is 18.7 Å². The minimum absolute atomic E-state index is 0.109. The van der Waals surface area contributed by atoms with Crippen LogP contribution in [0.5, 0.6) is 5.75 Å². The summed E-state index contributed by atoms with van der Waals surface area (Å²) in [5, 5.41) is 5.61. The number of benzene rings is 3. The maximum absolute atomic E-state index is 13.0. The van der Waals surface area contributed by atoms with E-state index in [0.29, 0.717) is 34.2 Å². The Balaban J connectivity index is 1.65. The maximum atomic E-state index is 13.0. The third kappa shape index (κ3) is 6.58. The highest BCUT2D eigenvalue weighted by atomic mass is 32.2. The third-order valence-electron chi connectivity index (χ3n) is 4.22. The Morgan fingerprint density at radius 1 is 0.935 bits per heavy atom. The number of thioether (sulfide) groups is 1. The fourth-order valence-electron chi connectivity index (χ4n) is 2.75. The molecule has 3 aromatic carbocycles. The zero-order valence-corrected chi connectivity index (χ0v) is 17.9. The van der Waals surface area contributed by atoms with Gasteiger partial charge in [0.25, 0.3) is 5.91 Å². The van der Waals surface area contributed by atoms with Crippen molar-refractivity contribution in [1.29, 1.82) is 0 Å². The predicted octanol–water partition coefficient (Wildman–Crippen LogP) is 5.60. The molecule has 0 radical (unpaired) electrons. The number of carbonyl (C=O) groups is 2. The summed E-state index contributed by atoms with van der Waals surface area (Å²) in [6.07, 6.45) is 0.863. The van der Waals surface area contributed by atoms with Crippen LogP contribution in [0.1, 0.15) is 23.7 Å². The largest absolute Gasteiger partial charge is 0.491 e. The molecule has 5 nitrogen and oxygen atoms in total. The second kappa shape index (κ2) is 11.2. The molecule has 3 rings (SSSR count). The molecule has 0 aliphatic heterocycles. The molecule has 0 unspecified atom stereocenters. The number of amides is 2. The Morgan fingerprint density at radius 3 is 2.42 bits per heavy atom. The standard InChI is InChI=1S/C24H23FN2O3S/c1-2-15-30-21-9-5-4-8-20(21)27-24(29)19-7-3-6-10-22(19)31-16-23(28)26-18-13-11-17(25)12-14-18/h3-14H,2,15-16H2,1H3,(H,26,28)(H,27,29). The van der Waals surface area contributed by atoms with Crippen molar-refractivity contribution in [2.45, 2.75) is 18.2 Å². The van der Waals surface area contributed by atoms with Gasteiger partial charge in [0, 0.05) is 10.6 Å². The van der Waals surface area contributed by atoms with E-state index in [1.807, 2.05) is 31.2 Å². The van der Waals surface area contributed by atoms with Gasteiger partial charge in [0.1, 0.15) is 11.6 Å². The molecule has 0 fully saturated rings. The zero-order valence-electron chi connectivity index (χ0n) is 17.1. The number of rotatable bonds is 9. The summed E-state index contributed by atoms with van der Waals surface area (Å²) in [4.78, 5) is 25.8. The van der Waals surface area contributed by atoms with Gasteiger partial charge in [0.05, 0.1) is 23.6 Å². The Hall–Kier alpha value is -3.32. The van der Waals surface area contributed by atoms with E-state index < -0.39 is 0 Å². The molecule has 0 bridgehead atoms. The van der Waals surface area contributed by atoms with Crippen LogP contribution in [0.25, 0.3) is 0 Å². The topological polar surface area (TPSA) is 67.4 Å². The number of ether oxygens (including phenoxy) is 1. The lowest BCUT2D eigenvalue weighted by Crippen LogP contribution is -2.16.